The third kappa shape index (κ3) is 7.93. The third-order valence-corrected chi connectivity index (χ3v) is 1.86. The first-order chi connectivity index (χ1) is 7.22. The molecule has 0 spiro atoms. The van der Waals surface area contributed by atoms with Crippen LogP contribution < -0.4 is 10.6 Å². The average molecular weight is 216 g/mol. The van der Waals surface area contributed by atoms with E-state index >= 15 is 0 Å². The highest BCUT2D eigenvalue weighted by Crippen LogP contribution is 1.91. The Labute approximate surface area is 90.2 Å². The first-order valence-electron chi connectivity index (χ1n) is 5.39. The van der Waals surface area contributed by atoms with Crippen LogP contribution in [-0.2, 0) is 9.59 Å². The molecule has 0 saturated heterocycles. The van der Waals surface area contributed by atoms with Gasteiger partial charge in [-0.3, -0.25) is 9.59 Å². The van der Waals surface area contributed by atoms with E-state index in [9.17, 15) is 9.59 Å². The summed E-state index contributed by atoms with van der Waals surface area (Å²) in [5, 5.41) is 13.5. The van der Waals surface area contributed by atoms with E-state index in [2.05, 4.69) is 10.6 Å². The van der Waals surface area contributed by atoms with E-state index < -0.39 is 11.8 Å². The van der Waals surface area contributed by atoms with Crippen LogP contribution in [0.3, 0.4) is 0 Å². The zero-order valence-electron chi connectivity index (χ0n) is 9.21. The van der Waals surface area contributed by atoms with Gasteiger partial charge in [0.05, 0.1) is 0 Å². The van der Waals surface area contributed by atoms with Gasteiger partial charge in [0, 0.05) is 19.7 Å². The molecule has 5 nitrogen and oxygen atoms in total. The first kappa shape index (κ1) is 13.9. The number of aliphatic hydroxyl groups is 1. The van der Waals surface area contributed by atoms with Crippen LogP contribution in [-0.4, -0.2) is 36.6 Å². The fourth-order valence-electron chi connectivity index (χ4n) is 1.01. The van der Waals surface area contributed by atoms with Gasteiger partial charge in [0.1, 0.15) is 0 Å². The Kier molecular flexibility index (Phi) is 8.76. The van der Waals surface area contributed by atoms with Gasteiger partial charge in [0.2, 0.25) is 0 Å². The minimum atomic E-state index is -0.576. The van der Waals surface area contributed by atoms with Crippen LogP contribution in [0.5, 0.6) is 0 Å². The standard InChI is InChI=1S/C10H20N2O3/c1-2-6-11-9(14)10(15)12-7-4-3-5-8-13/h13H,2-8H2,1H3,(H,11,14)(H,12,15). The van der Waals surface area contributed by atoms with Crippen molar-refractivity contribution in [2.75, 3.05) is 19.7 Å². The van der Waals surface area contributed by atoms with E-state index in [1.807, 2.05) is 6.92 Å². The molecule has 0 aromatic carbocycles. The molecule has 0 saturated carbocycles. The molecule has 0 aromatic rings. The van der Waals surface area contributed by atoms with Gasteiger partial charge in [-0.1, -0.05) is 6.92 Å². The lowest BCUT2D eigenvalue weighted by Gasteiger charge is -2.04. The molecule has 0 aromatic heterocycles. The molecule has 0 bridgehead atoms. The summed E-state index contributed by atoms with van der Waals surface area (Å²) in [6.07, 6.45) is 3.19. The summed E-state index contributed by atoms with van der Waals surface area (Å²) in [6.45, 7) is 3.10. The Morgan fingerprint density at radius 1 is 1.00 bits per heavy atom. The second-order valence-electron chi connectivity index (χ2n) is 3.30. The number of hydrogen-bond donors (Lipinski definition) is 3. The van der Waals surface area contributed by atoms with Crippen molar-refractivity contribution in [1.82, 2.24) is 10.6 Å². The molecule has 0 unspecified atom stereocenters. The maximum atomic E-state index is 11.1. The van der Waals surface area contributed by atoms with Crippen molar-refractivity contribution in [2.45, 2.75) is 32.6 Å². The number of aliphatic hydroxyl groups excluding tert-OH is 1. The zero-order chi connectivity index (χ0) is 11.5. The zero-order valence-corrected chi connectivity index (χ0v) is 9.21. The monoisotopic (exact) mass is 216 g/mol. The topological polar surface area (TPSA) is 78.4 Å². The second kappa shape index (κ2) is 9.45. The summed E-state index contributed by atoms with van der Waals surface area (Å²) in [7, 11) is 0. The number of rotatable bonds is 7. The molecule has 0 aliphatic carbocycles. The van der Waals surface area contributed by atoms with Crippen LogP contribution >= 0.6 is 0 Å². The number of nitrogens with one attached hydrogen (secondary N) is 2. The highest BCUT2D eigenvalue weighted by Gasteiger charge is 2.10. The van der Waals surface area contributed by atoms with Crippen molar-refractivity contribution < 1.29 is 14.7 Å². The first-order valence-corrected chi connectivity index (χ1v) is 5.39. The SMILES string of the molecule is CCCNC(=O)C(=O)NCCCCCO. The molecule has 2 amide bonds. The van der Waals surface area contributed by atoms with Crippen molar-refractivity contribution in [1.29, 1.82) is 0 Å². The van der Waals surface area contributed by atoms with Crippen LogP contribution in [0.15, 0.2) is 0 Å². The van der Waals surface area contributed by atoms with E-state index in [4.69, 9.17) is 5.11 Å². The third-order valence-electron chi connectivity index (χ3n) is 1.86. The van der Waals surface area contributed by atoms with E-state index in [-0.39, 0.29) is 6.61 Å². The van der Waals surface area contributed by atoms with Gasteiger partial charge >= 0.3 is 11.8 Å². The molecule has 0 aliphatic rings. The lowest BCUT2D eigenvalue weighted by molar-refractivity contribution is -0.139. The second-order valence-corrected chi connectivity index (χ2v) is 3.30. The van der Waals surface area contributed by atoms with E-state index in [0.29, 0.717) is 13.1 Å². The molecule has 3 N–H and O–H groups in total. The molecular formula is C10H20N2O3. The molecule has 0 heterocycles. The van der Waals surface area contributed by atoms with Crippen LogP contribution in [0.25, 0.3) is 0 Å². The Morgan fingerprint density at radius 3 is 2.13 bits per heavy atom. The summed E-state index contributed by atoms with van der Waals surface area (Å²) in [4.78, 5) is 22.2. The highest BCUT2D eigenvalue weighted by atomic mass is 16.3. The van der Waals surface area contributed by atoms with Crippen molar-refractivity contribution in [3.63, 3.8) is 0 Å². The van der Waals surface area contributed by atoms with Gasteiger partial charge in [-0.05, 0) is 25.7 Å². The minimum Gasteiger partial charge on any atom is -0.396 e. The number of carbonyl (C=O) groups excluding carboxylic acids is 2. The smallest absolute Gasteiger partial charge is 0.309 e. The van der Waals surface area contributed by atoms with Gasteiger partial charge in [0.15, 0.2) is 0 Å². The maximum Gasteiger partial charge on any atom is 0.309 e. The molecule has 88 valence electrons. The average Bonchev–Trinajstić information content (AvgIpc) is 2.25. The Morgan fingerprint density at radius 2 is 1.60 bits per heavy atom. The van der Waals surface area contributed by atoms with Crippen molar-refractivity contribution in [3.05, 3.63) is 0 Å². The number of carbonyl (C=O) groups is 2. The van der Waals surface area contributed by atoms with Crippen molar-refractivity contribution >= 4 is 11.8 Å². The molecule has 0 atom stereocenters. The lowest BCUT2D eigenvalue weighted by atomic mass is 10.2. The van der Waals surface area contributed by atoms with Crippen molar-refractivity contribution in [2.24, 2.45) is 0 Å². The van der Waals surface area contributed by atoms with Crippen LogP contribution in [0.2, 0.25) is 0 Å². The summed E-state index contributed by atoms with van der Waals surface area (Å²) < 4.78 is 0. The summed E-state index contributed by atoms with van der Waals surface area (Å²) in [6, 6.07) is 0. The van der Waals surface area contributed by atoms with Crippen LogP contribution in [0, 0.1) is 0 Å². The Balaban J connectivity index is 3.43. The molecule has 0 rings (SSSR count). The summed E-state index contributed by atoms with van der Waals surface area (Å²) in [5.74, 6) is -1.15. The van der Waals surface area contributed by atoms with E-state index in [1.165, 1.54) is 0 Å². The van der Waals surface area contributed by atoms with Gasteiger partial charge in [-0.25, -0.2) is 0 Å². The fourth-order valence-corrected chi connectivity index (χ4v) is 1.01. The lowest BCUT2D eigenvalue weighted by Crippen LogP contribution is -2.40. The van der Waals surface area contributed by atoms with Gasteiger partial charge in [0.25, 0.3) is 0 Å². The Bertz CT molecular complexity index is 195. The molecule has 0 aliphatic heterocycles. The fraction of sp³-hybridized carbons (Fsp3) is 0.800. The normalized spacial score (nSPS) is 9.73. The predicted molar refractivity (Wildman–Crippen MR) is 57.2 cm³/mol. The van der Waals surface area contributed by atoms with E-state index in [0.717, 1.165) is 25.7 Å². The largest absolute Gasteiger partial charge is 0.396 e. The van der Waals surface area contributed by atoms with E-state index in [1.54, 1.807) is 0 Å². The minimum absolute atomic E-state index is 0.172. The van der Waals surface area contributed by atoms with Gasteiger partial charge in [-0.15, -0.1) is 0 Å². The quantitative estimate of drug-likeness (QED) is 0.407. The highest BCUT2D eigenvalue weighted by molar-refractivity contribution is 6.35. The molecule has 15 heavy (non-hydrogen) atoms. The van der Waals surface area contributed by atoms with Crippen molar-refractivity contribution in [3.8, 4) is 0 Å². The number of amides is 2. The summed E-state index contributed by atoms with van der Waals surface area (Å²) >= 11 is 0. The summed E-state index contributed by atoms with van der Waals surface area (Å²) in [5.41, 5.74) is 0. The predicted octanol–water partition coefficient (Wildman–Crippen LogP) is -0.209. The number of hydrogen-bond acceptors (Lipinski definition) is 3. The van der Waals surface area contributed by atoms with Crippen LogP contribution in [0.1, 0.15) is 32.6 Å². The number of unbranched alkanes of at least 4 members (excludes halogenated alkanes) is 2. The molecule has 0 radical (unpaired) electrons. The molecule has 5 heteroatoms. The Hall–Kier alpha value is -1.10. The van der Waals surface area contributed by atoms with Gasteiger partial charge < -0.3 is 15.7 Å². The van der Waals surface area contributed by atoms with Crippen LogP contribution in [0.4, 0.5) is 0 Å². The maximum absolute atomic E-state index is 11.1. The molecule has 0 fully saturated rings. The molecular weight excluding hydrogens is 196 g/mol. The van der Waals surface area contributed by atoms with Gasteiger partial charge in [-0.2, -0.15) is 0 Å².